The molecule has 0 aliphatic carbocycles. The van der Waals surface area contributed by atoms with E-state index in [1.807, 2.05) is 31.2 Å². The van der Waals surface area contributed by atoms with Crippen LogP contribution in [-0.2, 0) is 0 Å². The number of carbonyl (C=O) groups is 1. The van der Waals surface area contributed by atoms with Crippen molar-refractivity contribution in [1.29, 1.82) is 0 Å². The fourth-order valence-electron chi connectivity index (χ4n) is 1.84. The fraction of sp³-hybridized carbons (Fsp3) is 0.154. The van der Waals surface area contributed by atoms with E-state index >= 15 is 0 Å². The standard InChI is InChI=1S/C13H12N6O/c1-8-3-5-10(6-4-8)16-12(20)11-9(2)19-13(18-17-11)14-7-15-19/h3-7H,1-2H3,(H,16,20). The molecular formula is C13H12N6O. The van der Waals surface area contributed by atoms with E-state index in [0.717, 1.165) is 5.56 Å². The lowest BCUT2D eigenvalue weighted by molar-refractivity contribution is 0.102. The van der Waals surface area contributed by atoms with E-state index in [-0.39, 0.29) is 11.6 Å². The minimum atomic E-state index is -0.323. The maximum Gasteiger partial charge on any atom is 0.278 e. The van der Waals surface area contributed by atoms with Gasteiger partial charge in [-0.15, -0.1) is 10.2 Å². The average molecular weight is 268 g/mol. The van der Waals surface area contributed by atoms with Gasteiger partial charge in [0.05, 0.1) is 5.69 Å². The molecule has 1 N–H and O–H groups in total. The number of benzene rings is 1. The van der Waals surface area contributed by atoms with Crippen LogP contribution in [0.2, 0.25) is 0 Å². The second-order valence-electron chi connectivity index (χ2n) is 4.43. The molecule has 0 radical (unpaired) electrons. The van der Waals surface area contributed by atoms with Crippen LogP contribution in [0.5, 0.6) is 0 Å². The van der Waals surface area contributed by atoms with Crippen LogP contribution in [0.4, 0.5) is 5.69 Å². The van der Waals surface area contributed by atoms with Crippen LogP contribution < -0.4 is 5.32 Å². The van der Waals surface area contributed by atoms with Crippen molar-refractivity contribution in [1.82, 2.24) is 24.8 Å². The van der Waals surface area contributed by atoms with Crippen LogP contribution in [0.25, 0.3) is 5.78 Å². The van der Waals surface area contributed by atoms with E-state index in [1.54, 1.807) is 6.92 Å². The molecule has 7 heteroatoms. The van der Waals surface area contributed by atoms with E-state index in [1.165, 1.54) is 10.8 Å². The molecule has 0 aliphatic rings. The molecule has 7 nitrogen and oxygen atoms in total. The fourth-order valence-corrected chi connectivity index (χ4v) is 1.84. The third kappa shape index (κ3) is 2.09. The highest BCUT2D eigenvalue weighted by atomic mass is 16.2. The number of aryl methyl sites for hydroxylation is 2. The van der Waals surface area contributed by atoms with E-state index in [2.05, 4.69) is 25.6 Å². The number of rotatable bonds is 2. The second kappa shape index (κ2) is 4.69. The molecule has 1 aromatic carbocycles. The number of carbonyl (C=O) groups excluding carboxylic acids is 1. The lowest BCUT2D eigenvalue weighted by Gasteiger charge is -2.07. The molecule has 1 amide bonds. The van der Waals surface area contributed by atoms with Crippen LogP contribution in [0, 0.1) is 13.8 Å². The van der Waals surface area contributed by atoms with E-state index in [4.69, 9.17) is 0 Å². The first-order valence-electron chi connectivity index (χ1n) is 6.06. The highest BCUT2D eigenvalue weighted by Gasteiger charge is 2.15. The Morgan fingerprint density at radius 1 is 1.15 bits per heavy atom. The number of fused-ring (bicyclic) bond motifs is 1. The molecule has 20 heavy (non-hydrogen) atoms. The van der Waals surface area contributed by atoms with Crippen molar-refractivity contribution < 1.29 is 4.79 Å². The van der Waals surface area contributed by atoms with Gasteiger partial charge >= 0.3 is 0 Å². The molecule has 0 aliphatic heterocycles. The van der Waals surface area contributed by atoms with Gasteiger partial charge in [0.2, 0.25) is 0 Å². The van der Waals surface area contributed by atoms with E-state index in [9.17, 15) is 4.79 Å². The summed E-state index contributed by atoms with van der Waals surface area (Å²) in [5.74, 6) is 0.0469. The Kier molecular flexibility index (Phi) is 2.86. The Morgan fingerprint density at radius 2 is 1.90 bits per heavy atom. The van der Waals surface area contributed by atoms with Gasteiger partial charge in [0.1, 0.15) is 6.33 Å². The van der Waals surface area contributed by atoms with Crippen LogP contribution in [0.1, 0.15) is 21.7 Å². The summed E-state index contributed by atoms with van der Waals surface area (Å²) in [4.78, 5) is 16.1. The second-order valence-corrected chi connectivity index (χ2v) is 4.43. The SMILES string of the molecule is Cc1ccc(NC(=O)c2nnc3ncnn3c2C)cc1. The summed E-state index contributed by atoms with van der Waals surface area (Å²) < 4.78 is 1.48. The number of nitrogens with zero attached hydrogens (tertiary/aromatic N) is 5. The Labute approximate surface area is 114 Å². The summed E-state index contributed by atoms with van der Waals surface area (Å²) in [6.45, 7) is 3.74. The quantitative estimate of drug-likeness (QED) is 0.759. The van der Waals surface area contributed by atoms with E-state index in [0.29, 0.717) is 17.2 Å². The summed E-state index contributed by atoms with van der Waals surface area (Å²) in [6.07, 6.45) is 1.37. The number of aromatic nitrogens is 5. The summed E-state index contributed by atoms with van der Waals surface area (Å²) in [7, 11) is 0. The number of hydrogen-bond acceptors (Lipinski definition) is 5. The van der Waals surface area contributed by atoms with Gasteiger partial charge in [-0.25, -0.2) is 0 Å². The third-order valence-corrected chi connectivity index (χ3v) is 2.95. The monoisotopic (exact) mass is 268 g/mol. The van der Waals surface area contributed by atoms with Crippen molar-refractivity contribution >= 4 is 17.4 Å². The van der Waals surface area contributed by atoms with Crippen molar-refractivity contribution in [3.8, 4) is 0 Å². The Morgan fingerprint density at radius 3 is 2.65 bits per heavy atom. The van der Waals surface area contributed by atoms with Crippen molar-refractivity contribution in [2.24, 2.45) is 0 Å². The summed E-state index contributed by atoms with van der Waals surface area (Å²) in [5, 5.41) is 14.5. The highest BCUT2D eigenvalue weighted by Crippen LogP contribution is 2.11. The molecule has 100 valence electrons. The summed E-state index contributed by atoms with van der Waals surface area (Å²) in [6, 6.07) is 7.53. The highest BCUT2D eigenvalue weighted by molar-refractivity contribution is 6.03. The molecular weight excluding hydrogens is 256 g/mol. The third-order valence-electron chi connectivity index (χ3n) is 2.95. The summed E-state index contributed by atoms with van der Waals surface area (Å²) >= 11 is 0. The molecule has 2 aromatic heterocycles. The van der Waals surface area contributed by atoms with Crippen molar-refractivity contribution in [3.63, 3.8) is 0 Å². The molecule has 3 rings (SSSR count). The van der Waals surface area contributed by atoms with Crippen LogP contribution in [0.15, 0.2) is 30.6 Å². The Bertz CT molecular complexity index is 777. The van der Waals surface area contributed by atoms with Gasteiger partial charge in [-0.3, -0.25) is 4.79 Å². The van der Waals surface area contributed by atoms with E-state index < -0.39 is 0 Å². The largest absolute Gasteiger partial charge is 0.321 e. The molecule has 0 saturated heterocycles. The van der Waals surface area contributed by atoms with Gasteiger partial charge < -0.3 is 5.32 Å². The first-order valence-corrected chi connectivity index (χ1v) is 6.06. The summed E-state index contributed by atoms with van der Waals surface area (Å²) in [5.41, 5.74) is 2.66. The van der Waals surface area contributed by atoms with Crippen molar-refractivity contribution in [2.45, 2.75) is 13.8 Å². The molecule has 0 atom stereocenters. The predicted molar refractivity (Wildman–Crippen MR) is 72.4 cm³/mol. The smallest absolute Gasteiger partial charge is 0.278 e. The topological polar surface area (TPSA) is 85.1 Å². The molecule has 0 spiro atoms. The van der Waals surface area contributed by atoms with Gasteiger partial charge in [-0.1, -0.05) is 17.7 Å². The van der Waals surface area contributed by atoms with Gasteiger partial charge in [-0.2, -0.15) is 14.6 Å². The zero-order valence-electron chi connectivity index (χ0n) is 11.0. The molecule has 0 fully saturated rings. The average Bonchev–Trinajstić information content (AvgIpc) is 2.91. The first kappa shape index (κ1) is 12.2. The predicted octanol–water partition coefficient (Wildman–Crippen LogP) is 1.39. The van der Waals surface area contributed by atoms with Crippen molar-refractivity contribution in [3.05, 3.63) is 47.5 Å². The van der Waals surface area contributed by atoms with Gasteiger partial charge in [0, 0.05) is 5.69 Å². The maximum absolute atomic E-state index is 12.2. The minimum Gasteiger partial charge on any atom is -0.321 e. The Hall–Kier alpha value is -2.83. The lowest BCUT2D eigenvalue weighted by atomic mass is 10.2. The number of amides is 1. The van der Waals surface area contributed by atoms with Crippen LogP contribution >= 0.6 is 0 Å². The number of nitrogens with one attached hydrogen (secondary N) is 1. The maximum atomic E-state index is 12.2. The zero-order valence-corrected chi connectivity index (χ0v) is 11.0. The first-order chi connectivity index (χ1) is 9.65. The minimum absolute atomic E-state index is 0.226. The Balaban J connectivity index is 1.92. The normalized spacial score (nSPS) is 10.7. The molecule has 0 unspecified atom stereocenters. The number of hydrogen-bond donors (Lipinski definition) is 1. The lowest BCUT2D eigenvalue weighted by Crippen LogP contribution is -2.18. The van der Waals surface area contributed by atoms with Gasteiger partial charge in [0.15, 0.2) is 5.69 Å². The molecule has 0 bridgehead atoms. The van der Waals surface area contributed by atoms with Gasteiger partial charge in [-0.05, 0) is 26.0 Å². The van der Waals surface area contributed by atoms with Gasteiger partial charge in [0.25, 0.3) is 11.7 Å². The molecule has 0 saturated carbocycles. The number of anilines is 1. The zero-order chi connectivity index (χ0) is 14.1. The van der Waals surface area contributed by atoms with Crippen LogP contribution in [-0.4, -0.2) is 30.7 Å². The van der Waals surface area contributed by atoms with Crippen LogP contribution in [0.3, 0.4) is 0 Å². The molecule has 2 heterocycles. The van der Waals surface area contributed by atoms with Crippen molar-refractivity contribution in [2.75, 3.05) is 5.32 Å². The molecule has 3 aromatic rings.